The Balaban J connectivity index is 2.26. The molecule has 1 saturated heterocycles. The molecule has 1 aromatic rings. The maximum absolute atomic E-state index is 9.96. The Morgan fingerprint density at radius 3 is 2.69 bits per heavy atom. The van der Waals surface area contributed by atoms with Crippen molar-refractivity contribution in [1.82, 2.24) is 15.0 Å². The van der Waals surface area contributed by atoms with Crippen molar-refractivity contribution < 1.29 is 20.1 Å². The maximum atomic E-state index is 9.96. The van der Waals surface area contributed by atoms with Crippen molar-refractivity contribution in [1.29, 1.82) is 0 Å². The van der Waals surface area contributed by atoms with Gasteiger partial charge in [0, 0.05) is 6.20 Å². The molecule has 8 heteroatoms. The fourth-order valence-corrected chi connectivity index (χ4v) is 1.98. The molecule has 7 nitrogen and oxygen atoms in total. The highest BCUT2D eigenvalue weighted by molar-refractivity contribution is 6.11. The summed E-state index contributed by atoms with van der Waals surface area (Å²) in [4.78, 5) is 0. The van der Waals surface area contributed by atoms with E-state index in [1.165, 1.54) is 10.9 Å². The van der Waals surface area contributed by atoms with Crippen LogP contribution in [0.2, 0.25) is 0 Å². The maximum Gasteiger partial charge on any atom is 0.142 e. The summed E-state index contributed by atoms with van der Waals surface area (Å²) in [6.07, 6.45) is 0.405. The molecule has 2 heterocycles. The Morgan fingerprint density at radius 1 is 1.38 bits per heavy atom. The van der Waals surface area contributed by atoms with Gasteiger partial charge in [0.25, 0.3) is 0 Å². The zero-order valence-electron chi connectivity index (χ0n) is 8.84. The van der Waals surface area contributed by atoms with Crippen LogP contribution in [0.5, 0.6) is 0 Å². The molecule has 0 radical (unpaired) electrons. The van der Waals surface area contributed by atoms with Crippen molar-refractivity contribution in [3.8, 4) is 0 Å². The Hall–Kier alpha value is -0.955. The summed E-state index contributed by atoms with van der Waals surface area (Å²) in [5.74, 6) is 0. The largest absolute Gasteiger partial charge is 0.394 e. The molecule has 0 aliphatic carbocycles. The number of rotatable bonds is 2. The van der Waals surface area contributed by atoms with Crippen LogP contribution < -0.4 is 0 Å². The fourth-order valence-electron chi connectivity index (χ4n) is 1.98. The van der Waals surface area contributed by atoms with Gasteiger partial charge in [-0.25, -0.2) is 4.68 Å². The molecule has 1 aliphatic rings. The lowest BCUT2D eigenvalue weighted by molar-refractivity contribution is -0.181. The second kappa shape index (κ2) is 4.50. The van der Waals surface area contributed by atoms with Crippen molar-refractivity contribution in [2.45, 2.75) is 30.4 Å². The van der Waals surface area contributed by atoms with Gasteiger partial charge in [-0.15, -0.1) is 5.10 Å². The lowest BCUT2D eigenvalue weighted by Crippen LogP contribution is -2.56. The van der Waals surface area contributed by atoms with Gasteiger partial charge in [-0.3, -0.25) is 0 Å². The van der Waals surface area contributed by atoms with Crippen LogP contribution in [0.1, 0.15) is 6.04 Å². The van der Waals surface area contributed by atoms with Crippen LogP contribution in [0, 0.1) is 0 Å². The van der Waals surface area contributed by atoms with Gasteiger partial charge in [-0.05, 0) is 0 Å². The van der Waals surface area contributed by atoms with Gasteiger partial charge in [0.05, 0.1) is 24.9 Å². The van der Waals surface area contributed by atoms with E-state index in [9.17, 15) is 10.2 Å². The predicted molar refractivity (Wildman–Crippen MR) is 55.4 cm³/mol. The smallest absolute Gasteiger partial charge is 0.142 e. The number of aliphatic hydroxyl groups is 3. The molecule has 1 aliphatic heterocycles. The SMILES string of the molecule is BC1OC(CO)C(O)C(n2ccnn2)C1O. The third-order valence-electron chi connectivity index (χ3n) is 2.88. The molecule has 88 valence electrons. The molecule has 2 rings (SSSR count). The highest BCUT2D eigenvalue weighted by atomic mass is 16.5. The highest BCUT2D eigenvalue weighted by Gasteiger charge is 2.43. The molecule has 0 spiro atoms. The summed E-state index contributed by atoms with van der Waals surface area (Å²) in [6.45, 7) is -0.302. The van der Waals surface area contributed by atoms with E-state index < -0.39 is 30.4 Å². The molecular weight excluding hydrogens is 213 g/mol. The summed E-state index contributed by atoms with van der Waals surface area (Å²) in [5.41, 5.74) is 0. The van der Waals surface area contributed by atoms with Crippen LogP contribution in [-0.2, 0) is 4.74 Å². The quantitative estimate of drug-likeness (QED) is 0.462. The van der Waals surface area contributed by atoms with E-state index in [-0.39, 0.29) is 6.61 Å². The van der Waals surface area contributed by atoms with Gasteiger partial charge >= 0.3 is 0 Å². The normalized spacial score (nSPS) is 39.8. The van der Waals surface area contributed by atoms with Gasteiger partial charge in [0.15, 0.2) is 0 Å². The van der Waals surface area contributed by atoms with E-state index in [0.29, 0.717) is 0 Å². The third kappa shape index (κ3) is 1.84. The first-order valence-corrected chi connectivity index (χ1v) is 5.13. The average Bonchev–Trinajstić information content (AvgIpc) is 2.77. The zero-order valence-corrected chi connectivity index (χ0v) is 8.84. The monoisotopic (exact) mass is 227 g/mol. The molecule has 0 aromatic carbocycles. The average molecular weight is 227 g/mol. The standard InChI is InChI=1S/C8H14BN3O4/c9-8-7(15)5(12-2-1-10-11-12)6(14)4(3-13)16-8/h1-2,4-8,13-15H,3,9H2. The molecular formula is C8H14BN3O4. The van der Waals surface area contributed by atoms with Crippen LogP contribution in [0.25, 0.3) is 0 Å². The molecule has 0 amide bonds. The Kier molecular flexibility index (Phi) is 3.24. The first kappa shape index (κ1) is 11.5. The number of hydrogen-bond acceptors (Lipinski definition) is 6. The Bertz CT molecular complexity index is 336. The Labute approximate surface area is 93.1 Å². The third-order valence-corrected chi connectivity index (χ3v) is 2.88. The predicted octanol–water partition coefficient (Wildman–Crippen LogP) is -3.11. The van der Waals surface area contributed by atoms with Gasteiger partial charge in [0.1, 0.15) is 26.1 Å². The van der Waals surface area contributed by atoms with E-state index in [1.54, 1.807) is 14.0 Å². The van der Waals surface area contributed by atoms with Gasteiger partial charge in [0.2, 0.25) is 0 Å². The summed E-state index contributed by atoms with van der Waals surface area (Å²) in [5, 5.41) is 36.3. The second-order valence-corrected chi connectivity index (χ2v) is 3.92. The number of hydrogen-bond donors (Lipinski definition) is 3. The molecule has 0 bridgehead atoms. The van der Waals surface area contributed by atoms with Gasteiger partial charge in [-0.2, -0.15) is 0 Å². The molecule has 5 unspecified atom stereocenters. The molecule has 3 N–H and O–H groups in total. The van der Waals surface area contributed by atoms with E-state index in [4.69, 9.17) is 9.84 Å². The zero-order chi connectivity index (χ0) is 11.7. The van der Waals surface area contributed by atoms with Crippen molar-refractivity contribution in [2.75, 3.05) is 6.61 Å². The lowest BCUT2D eigenvalue weighted by Gasteiger charge is -2.41. The van der Waals surface area contributed by atoms with E-state index in [2.05, 4.69) is 10.3 Å². The van der Waals surface area contributed by atoms with Crippen LogP contribution in [0.15, 0.2) is 12.4 Å². The van der Waals surface area contributed by atoms with Crippen molar-refractivity contribution in [3.63, 3.8) is 0 Å². The van der Waals surface area contributed by atoms with Crippen LogP contribution in [0.4, 0.5) is 0 Å². The molecule has 0 saturated carbocycles. The minimum absolute atomic E-state index is 0.302. The lowest BCUT2D eigenvalue weighted by atomic mass is 9.83. The number of ether oxygens (including phenoxy) is 1. The molecule has 5 atom stereocenters. The van der Waals surface area contributed by atoms with E-state index >= 15 is 0 Å². The summed E-state index contributed by atoms with van der Waals surface area (Å²) >= 11 is 0. The van der Waals surface area contributed by atoms with E-state index in [1.807, 2.05) is 0 Å². The number of nitrogens with zero attached hydrogens (tertiary/aromatic N) is 3. The van der Waals surface area contributed by atoms with Crippen molar-refractivity contribution >= 4 is 7.85 Å². The highest BCUT2D eigenvalue weighted by Crippen LogP contribution is 2.28. The minimum Gasteiger partial charge on any atom is -0.394 e. The van der Waals surface area contributed by atoms with E-state index in [0.717, 1.165) is 0 Å². The van der Waals surface area contributed by atoms with Crippen molar-refractivity contribution in [3.05, 3.63) is 12.4 Å². The molecule has 16 heavy (non-hydrogen) atoms. The topological polar surface area (TPSA) is 101 Å². The van der Waals surface area contributed by atoms with Gasteiger partial charge in [-0.1, -0.05) is 5.21 Å². The summed E-state index contributed by atoms with van der Waals surface area (Å²) in [6, 6.07) is -1.13. The van der Waals surface area contributed by atoms with Crippen LogP contribution in [0.3, 0.4) is 0 Å². The summed E-state index contributed by atoms with van der Waals surface area (Å²) < 4.78 is 6.66. The second-order valence-electron chi connectivity index (χ2n) is 3.92. The molecule has 1 aromatic heterocycles. The summed E-state index contributed by atoms with van der Waals surface area (Å²) in [7, 11) is 1.68. The first-order valence-electron chi connectivity index (χ1n) is 5.13. The minimum atomic E-state index is -1.02. The van der Waals surface area contributed by atoms with Crippen molar-refractivity contribution in [2.24, 2.45) is 0 Å². The van der Waals surface area contributed by atoms with Gasteiger partial charge < -0.3 is 20.1 Å². The Morgan fingerprint density at radius 2 is 2.12 bits per heavy atom. The first-order chi connectivity index (χ1) is 7.65. The fraction of sp³-hybridized carbons (Fsp3) is 0.750. The molecule has 1 fully saturated rings. The number of aliphatic hydroxyl groups excluding tert-OH is 3. The van der Waals surface area contributed by atoms with Crippen LogP contribution >= 0.6 is 0 Å². The number of aromatic nitrogens is 3. The van der Waals surface area contributed by atoms with Crippen LogP contribution in [-0.4, -0.2) is 69.1 Å².